The van der Waals surface area contributed by atoms with Crippen molar-refractivity contribution in [2.75, 3.05) is 10.1 Å². The van der Waals surface area contributed by atoms with E-state index < -0.39 is 10.0 Å². The van der Waals surface area contributed by atoms with E-state index in [4.69, 9.17) is 11.1 Å². The van der Waals surface area contributed by atoms with Crippen molar-refractivity contribution in [1.82, 2.24) is 4.98 Å². The average Bonchev–Trinajstić information content (AvgIpc) is 2.47. The van der Waals surface area contributed by atoms with Gasteiger partial charge in [0.25, 0.3) is 10.0 Å². The molecule has 1 aromatic carbocycles. The quantitative estimate of drug-likeness (QED) is 0.571. The summed E-state index contributed by atoms with van der Waals surface area (Å²) in [5.41, 5.74) is 3.02. The molecule has 0 unspecified atom stereocenters. The minimum atomic E-state index is -3.81. The van der Waals surface area contributed by atoms with E-state index in [2.05, 4.69) is 15.1 Å². The van der Waals surface area contributed by atoms with E-state index in [1.807, 2.05) is 6.07 Å². The molecule has 7 nitrogen and oxygen atoms in total. The number of nitrogens with zero attached hydrogens (tertiary/aromatic N) is 2. The Hall–Kier alpha value is -2.63. The summed E-state index contributed by atoms with van der Waals surface area (Å²) < 4.78 is 26.8. The number of hydrogen-bond acceptors (Lipinski definition) is 6. The molecule has 0 aliphatic heterocycles. The fraction of sp³-hybridized carbons (Fsp3) is 0. The first-order valence-electron chi connectivity index (χ1n) is 5.51. The number of aromatic nitrogens is 1. The zero-order valence-electron chi connectivity index (χ0n) is 10.2. The van der Waals surface area contributed by atoms with Gasteiger partial charge in [-0.2, -0.15) is 5.26 Å². The largest absolute Gasteiger partial charge is 0.307 e. The minimum Gasteiger partial charge on any atom is -0.307 e. The van der Waals surface area contributed by atoms with Gasteiger partial charge >= 0.3 is 0 Å². The summed E-state index contributed by atoms with van der Waals surface area (Å²) in [4.78, 5) is 3.77. The first kappa shape index (κ1) is 13.8. The van der Waals surface area contributed by atoms with Crippen LogP contribution < -0.4 is 16.0 Å². The van der Waals surface area contributed by atoms with Crippen LogP contribution in [0.1, 0.15) is 5.56 Å². The van der Waals surface area contributed by atoms with Crippen LogP contribution in [0.15, 0.2) is 47.5 Å². The Labute approximate surface area is 116 Å². The van der Waals surface area contributed by atoms with Crippen LogP contribution >= 0.6 is 0 Å². The fourth-order valence-corrected chi connectivity index (χ4v) is 2.72. The van der Waals surface area contributed by atoms with E-state index in [1.165, 1.54) is 42.6 Å². The van der Waals surface area contributed by atoms with Crippen molar-refractivity contribution in [2.45, 2.75) is 4.90 Å². The molecule has 8 heteroatoms. The van der Waals surface area contributed by atoms with E-state index >= 15 is 0 Å². The molecule has 0 aliphatic rings. The number of pyridine rings is 1. The van der Waals surface area contributed by atoms with Gasteiger partial charge < -0.3 is 5.43 Å². The maximum absolute atomic E-state index is 12.2. The molecule has 0 saturated carbocycles. The van der Waals surface area contributed by atoms with Gasteiger partial charge in [0.15, 0.2) is 5.82 Å². The second-order valence-corrected chi connectivity index (χ2v) is 5.44. The summed E-state index contributed by atoms with van der Waals surface area (Å²) in [5, 5.41) is 8.69. The Morgan fingerprint density at radius 1 is 1.20 bits per heavy atom. The summed E-state index contributed by atoms with van der Waals surface area (Å²) in [6.07, 6.45) is 1.43. The molecule has 2 rings (SSSR count). The summed E-state index contributed by atoms with van der Waals surface area (Å²) in [6, 6.07) is 10.9. The van der Waals surface area contributed by atoms with Crippen molar-refractivity contribution in [2.24, 2.45) is 5.84 Å². The summed E-state index contributed by atoms with van der Waals surface area (Å²) in [7, 11) is -3.81. The summed E-state index contributed by atoms with van der Waals surface area (Å²) >= 11 is 0. The molecule has 0 fully saturated rings. The smallest absolute Gasteiger partial charge is 0.265 e. The lowest BCUT2D eigenvalue weighted by molar-refractivity contribution is 0.601. The first-order valence-corrected chi connectivity index (χ1v) is 7.00. The number of nitrogens with one attached hydrogen (secondary N) is 2. The van der Waals surface area contributed by atoms with Gasteiger partial charge in [-0.3, -0.25) is 4.72 Å². The van der Waals surface area contributed by atoms with Crippen molar-refractivity contribution in [1.29, 1.82) is 5.26 Å². The third kappa shape index (κ3) is 2.85. The van der Waals surface area contributed by atoms with E-state index in [9.17, 15) is 8.42 Å². The van der Waals surface area contributed by atoms with Crippen molar-refractivity contribution < 1.29 is 8.42 Å². The molecule has 0 aliphatic carbocycles. The predicted molar refractivity (Wildman–Crippen MR) is 74.0 cm³/mol. The third-order valence-electron chi connectivity index (χ3n) is 2.46. The lowest BCUT2D eigenvalue weighted by atomic mass is 10.2. The van der Waals surface area contributed by atoms with Gasteiger partial charge in [-0.25, -0.2) is 19.2 Å². The normalized spacial score (nSPS) is 10.6. The molecule has 102 valence electrons. The highest BCUT2D eigenvalue weighted by Gasteiger charge is 2.18. The van der Waals surface area contributed by atoms with Crippen LogP contribution in [-0.2, 0) is 10.0 Å². The molecule has 0 radical (unpaired) electrons. The topological polar surface area (TPSA) is 121 Å². The number of hydrogen-bond donors (Lipinski definition) is 3. The molecule has 0 saturated heterocycles. The highest BCUT2D eigenvalue weighted by molar-refractivity contribution is 7.92. The van der Waals surface area contributed by atoms with Crippen LogP contribution in [0.2, 0.25) is 0 Å². The zero-order valence-corrected chi connectivity index (χ0v) is 11.1. The van der Waals surface area contributed by atoms with Crippen molar-refractivity contribution in [3.63, 3.8) is 0 Å². The average molecular weight is 289 g/mol. The van der Waals surface area contributed by atoms with Gasteiger partial charge in [-0.15, -0.1) is 0 Å². The molecular weight excluding hydrogens is 278 g/mol. The Morgan fingerprint density at radius 3 is 2.50 bits per heavy atom. The lowest BCUT2D eigenvalue weighted by Gasteiger charge is -2.10. The van der Waals surface area contributed by atoms with Crippen molar-refractivity contribution >= 4 is 21.5 Å². The maximum atomic E-state index is 12.2. The van der Waals surface area contributed by atoms with E-state index in [-0.39, 0.29) is 10.7 Å². The molecule has 0 amide bonds. The molecular formula is C12H11N5O2S. The summed E-state index contributed by atoms with van der Waals surface area (Å²) in [6.45, 7) is 0. The van der Waals surface area contributed by atoms with E-state index in [0.717, 1.165) is 0 Å². The van der Waals surface area contributed by atoms with Gasteiger partial charge in [0.05, 0.1) is 11.6 Å². The van der Waals surface area contributed by atoms with Gasteiger partial charge in [0, 0.05) is 11.9 Å². The standard InChI is InChI=1S/C12H11N5O2S/c13-8-9-3-5-10(6-4-9)17-20(18,19)11-2-1-7-15-12(11)16-14/h1-7,17H,14H2,(H,15,16). The minimum absolute atomic E-state index is 0.0497. The van der Waals surface area contributed by atoms with Crippen LogP contribution in [-0.4, -0.2) is 13.4 Å². The molecule has 20 heavy (non-hydrogen) atoms. The molecule has 1 aromatic heterocycles. The van der Waals surface area contributed by atoms with Crippen LogP contribution in [0.4, 0.5) is 11.5 Å². The van der Waals surface area contributed by atoms with Gasteiger partial charge in [-0.1, -0.05) is 0 Å². The Balaban J connectivity index is 2.33. The monoisotopic (exact) mass is 289 g/mol. The van der Waals surface area contributed by atoms with Crippen LogP contribution in [0.5, 0.6) is 0 Å². The van der Waals surface area contributed by atoms with Crippen molar-refractivity contribution in [3.8, 4) is 6.07 Å². The zero-order chi connectivity index (χ0) is 14.6. The third-order valence-corrected chi connectivity index (χ3v) is 3.88. The number of sulfonamides is 1. The highest BCUT2D eigenvalue weighted by Crippen LogP contribution is 2.21. The van der Waals surface area contributed by atoms with Crippen LogP contribution in [0, 0.1) is 11.3 Å². The van der Waals surface area contributed by atoms with E-state index in [0.29, 0.717) is 11.3 Å². The number of nitriles is 1. The first-order chi connectivity index (χ1) is 9.56. The SMILES string of the molecule is N#Cc1ccc(NS(=O)(=O)c2cccnc2NN)cc1. The van der Waals surface area contributed by atoms with Crippen molar-refractivity contribution in [3.05, 3.63) is 48.2 Å². The van der Waals surface area contributed by atoms with Crippen LogP contribution in [0.3, 0.4) is 0 Å². The maximum Gasteiger partial charge on any atom is 0.265 e. The van der Waals surface area contributed by atoms with Crippen LogP contribution in [0.25, 0.3) is 0 Å². The number of benzene rings is 1. The second-order valence-electron chi connectivity index (χ2n) is 3.79. The Bertz CT molecular complexity index is 750. The molecule has 0 atom stereocenters. The lowest BCUT2D eigenvalue weighted by Crippen LogP contribution is -2.18. The van der Waals surface area contributed by atoms with Gasteiger partial charge in [-0.05, 0) is 36.4 Å². The summed E-state index contributed by atoms with van der Waals surface area (Å²) in [5.74, 6) is 5.29. The Kier molecular flexibility index (Phi) is 3.84. The number of anilines is 2. The number of nitrogen functional groups attached to an aromatic ring is 1. The van der Waals surface area contributed by atoms with E-state index in [1.54, 1.807) is 0 Å². The number of rotatable bonds is 4. The predicted octanol–water partition coefficient (Wildman–Crippen LogP) is 1.04. The Morgan fingerprint density at radius 2 is 1.90 bits per heavy atom. The van der Waals surface area contributed by atoms with Gasteiger partial charge in [0.2, 0.25) is 0 Å². The highest BCUT2D eigenvalue weighted by atomic mass is 32.2. The number of nitrogens with two attached hydrogens (primary N) is 1. The molecule has 1 heterocycles. The van der Waals surface area contributed by atoms with Gasteiger partial charge in [0.1, 0.15) is 4.90 Å². The molecule has 2 aromatic rings. The second kappa shape index (κ2) is 5.56. The molecule has 4 N–H and O–H groups in total. The number of hydrazine groups is 1. The molecule has 0 bridgehead atoms. The fourth-order valence-electron chi connectivity index (χ4n) is 1.54. The molecule has 0 spiro atoms.